The number of fused-ring (bicyclic) bond motifs is 12. The topological polar surface area (TPSA) is 8.17 Å². The summed E-state index contributed by atoms with van der Waals surface area (Å²) in [5, 5.41) is 2.46. The van der Waals surface area contributed by atoms with Crippen LogP contribution in [0.1, 0.15) is 35.1 Å². The van der Waals surface area contributed by atoms with Gasteiger partial charge in [-0.15, -0.1) is 0 Å². The molecule has 0 bridgehead atoms. The first-order chi connectivity index (χ1) is 28.3. The van der Waals surface area contributed by atoms with Gasteiger partial charge in [-0.25, -0.2) is 0 Å². The third-order valence-corrected chi connectivity index (χ3v) is 12.7. The first kappa shape index (κ1) is 32.1. The maximum absolute atomic E-state index is 2.51. The van der Waals surface area contributed by atoms with E-state index < -0.39 is 0 Å². The fourth-order valence-corrected chi connectivity index (χ4v) is 10.4. The molecule has 3 aliphatic rings. The lowest BCUT2D eigenvalue weighted by Crippen LogP contribution is -2.28. The second-order valence-corrected chi connectivity index (χ2v) is 15.5. The van der Waals surface area contributed by atoms with E-state index in [1.54, 1.807) is 0 Å². The van der Waals surface area contributed by atoms with Crippen LogP contribution in [0.4, 0.5) is 17.1 Å². The van der Waals surface area contributed by atoms with Crippen molar-refractivity contribution in [3.8, 4) is 27.9 Å². The van der Waals surface area contributed by atoms with Gasteiger partial charge in [-0.2, -0.15) is 0 Å². The van der Waals surface area contributed by atoms with E-state index in [1.165, 1.54) is 77.5 Å². The van der Waals surface area contributed by atoms with Crippen LogP contribution >= 0.6 is 0 Å². The second kappa shape index (κ2) is 12.4. The molecule has 2 nitrogen and oxygen atoms in total. The Balaban J connectivity index is 1.11. The molecular formula is C55H38N2. The van der Waals surface area contributed by atoms with Crippen LogP contribution in [-0.4, -0.2) is 4.57 Å². The van der Waals surface area contributed by atoms with E-state index in [9.17, 15) is 0 Å². The Morgan fingerprint density at radius 1 is 0.439 bits per heavy atom. The van der Waals surface area contributed by atoms with Crippen molar-refractivity contribution in [3.05, 3.63) is 234 Å². The van der Waals surface area contributed by atoms with Crippen molar-refractivity contribution in [1.29, 1.82) is 0 Å². The molecule has 2 heteroatoms. The van der Waals surface area contributed by atoms with E-state index in [4.69, 9.17) is 0 Å². The number of anilines is 3. The van der Waals surface area contributed by atoms with Gasteiger partial charge in [0.1, 0.15) is 0 Å². The zero-order valence-electron chi connectivity index (χ0n) is 31.4. The van der Waals surface area contributed by atoms with E-state index in [0.29, 0.717) is 0 Å². The molecule has 57 heavy (non-hydrogen) atoms. The quantitative estimate of drug-likeness (QED) is 0.171. The number of rotatable bonds is 5. The number of nitrogens with zero attached hydrogens (tertiary/aromatic N) is 2. The second-order valence-electron chi connectivity index (χ2n) is 15.5. The van der Waals surface area contributed by atoms with E-state index >= 15 is 0 Å². The lowest BCUT2D eigenvalue weighted by molar-refractivity contribution is 0.714. The van der Waals surface area contributed by atoms with Crippen molar-refractivity contribution in [2.24, 2.45) is 0 Å². The van der Waals surface area contributed by atoms with Gasteiger partial charge in [0.05, 0.1) is 16.4 Å². The summed E-state index contributed by atoms with van der Waals surface area (Å²) in [5.74, 6) is 0. The highest BCUT2D eigenvalue weighted by atomic mass is 15.1. The summed E-state index contributed by atoms with van der Waals surface area (Å²) in [4.78, 5) is 2.46. The Bertz CT molecular complexity index is 3070. The molecule has 8 aromatic carbocycles. The lowest BCUT2D eigenvalue weighted by atomic mass is 9.68. The summed E-state index contributed by atoms with van der Waals surface area (Å²) in [6.07, 6.45) is 6.87. The Morgan fingerprint density at radius 2 is 1.04 bits per heavy atom. The van der Waals surface area contributed by atoms with E-state index in [0.717, 1.165) is 35.6 Å². The smallest absolute Gasteiger partial charge is 0.0689 e. The molecule has 1 heterocycles. The largest absolute Gasteiger partial charge is 0.310 e. The predicted molar refractivity (Wildman–Crippen MR) is 238 cm³/mol. The van der Waals surface area contributed by atoms with Gasteiger partial charge in [0.25, 0.3) is 0 Å². The predicted octanol–water partition coefficient (Wildman–Crippen LogP) is 14.4. The van der Waals surface area contributed by atoms with Crippen LogP contribution < -0.4 is 4.90 Å². The van der Waals surface area contributed by atoms with Gasteiger partial charge in [-0.05, 0) is 135 Å². The van der Waals surface area contributed by atoms with Gasteiger partial charge >= 0.3 is 0 Å². The van der Waals surface area contributed by atoms with Crippen LogP contribution in [0.3, 0.4) is 0 Å². The molecular weight excluding hydrogens is 689 g/mol. The van der Waals surface area contributed by atoms with Crippen molar-refractivity contribution < 1.29 is 0 Å². The lowest BCUT2D eigenvalue weighted by Gasteiger charge is -2.34. The summed E-state index contributed by atoms with van der Waals surface area (Å²) in [7, 11) is 0. The summed E-state index contributed by atoms with van der Waals surface area (Å²) in [6.45, 7) is 0. The van der Waals surface area contributed by atoms with Crippen LogP contribution in [-0.2, 0) is 5.41 Å². The fraction of sp³-hybridized carbons (Fsp3) is 0.0545. The average molecular weight is 727 g/mol. The molecule has 0 N–H and O–H groups in total. The van der Waals surface area contributed by atoms with E-state index in [1.807, 2.05) is 0 Å². The molecule has 268 valence electrons. The molecule has 0 aliphatic heterocycles. The molecule has 0 fully saturated rings. The number of para-hydroxylation sites is 2. The van der Waals surface area contributed by atoms with Gasteiger partial charge < -0.3 is 9.47 Å². The Morgan fingerprint density at radius 3 is 1.77 bits per heavy atom. The molecule has 0 unspecified atom stereocenters. The summed E-state index contributed by atoms with van der Waals surface area (Å²) >= 11 is 0. The zero-order valence-corrected chi connectivity index (χ0v) is 31.4. The summed E-state index contributed by atoms with van der Waals surface area (Å²) in [5.41, 5.74) is 20.2. The molecule has 0 amide bonds. The molecule has 0 saturated heterocycles. The number of allylic oxidation sites excluding steroid dienone is 4. The molecule has 0 radical (unpaired) electrons. The molecule has 1 aromatic heterocycles. The normalized spacial score (nSPS) is 14.5. The van der Waals surface area contributed by atoms with Crippen LogP contribution in [0.2, 0.25) is 0 Å². The van der Waals surface area contributed by atoms with Crippen molar-refractivity contribution in [3.63, 3.8) is 0 Å². The first-order valence-corrected chi connectivity index (χ1v) is 20.1. The van der Waals surface area contributed by atoms with Crippen molar-refractivity contribution in [2.45, 2.75) is 18.3 Å². The maximum atomic E-state index is 2.51. The highest BCUT2D eigenvalue weighted by molar-refractivity contribution is 6.12. The van der Waals surface area contributed by atoms with Crippen LogP contribution in [0.5, 0.6) is 0 Å². The van der Waals surface area contributed by atoms with Gasteiger partial charge in [0, 0.05) is 33.5 Å². The molecule has 3 aliphatic carbocycles. The number of hydrogen-bond acceptors (Lipinski definition) is 1. The van der Waals surface area contributed by atoms with Gasteiger partial charge in [0.2, 0.25) is 0 Å². The molecule has 9 aromatic rings. The maximum Gasteiger partial charge on any atom is 0.0689 e. The summed E-state index contributed by atoms with van der Waals surface area (Å²) < 4.78 is 2.41. The van der Waals surface area contributed by atoms with Gasteiger partial charge in [0.15, 0.2) is 0 Å². The van der Waals surface area contributed by atoms with Crippen molar-refractivity contribution in [1.82, 2.24) is 4.57 Å². The van der Waals surface area contributed by atoms with Gasteiger partial charge in [-0.3, -0.25) is 0 Å². The fourth-order valence-electron chi connectivity index (χ4n) is 10.4. The third-order valence-electron chi connectivity index (χ3n) is 12.7. The number of aromatic nitrogens is 1. The zero-order chi connectivity index (χ0) is 37.5. The van der Waals surface area contributed by atoms with Crippen LogP contribution in [0, 0.1) is 0 Å². The standard InChI is InChI=1S/C55H38N2/c1-4-16-37(17-5-1)38-28-32-53-47(34-38)48-35-41(30-33-54(48)57(53)40-20-8-3-9-21-40)56(39-18-6-2-7-19-39)42-29-31-46-45-24-12-15-27-51(45)55(52(46)36-42)49-25-13-10-22-43(49)44-23-11-14-26-50(44)55/h1-14,16-26,28-36H,15,27H2. The molecule has 12 rings (SSSR count). The monoisotopic (exact) mass is 726 g/mol. The minimum Gasteiger partial charge on any atom is -0.310 e. The summed E-state index contributed by atoms with van der Waals surface area (Å²) in [6, 6.07) is 71.8. The van der Waals surface area contributed by atoms with Gasteiger partial charge in [-0.1, -0.05) is 140 Å². The first-order valence-electron chi connectivity index (χ1n) is 20.1. The highest BCUT2D eigenvalue weighted by Gasteiger charge is 2.52. The van der Waals surface area contributed by atoms with E-state index in [2.05, 4.69) is 216 Å². The van der Waals surface area contributed by atoms with Crippen LogP contribution in [0.15, 0.2) is 212 Å². The SMILES string of the molecule is C1=CC2=C(CC1)C1(c3cc(N(c4ccccc4)c4ccc5c(c4)c4cc(-c6ccccc6)ccc4n5-c4ccccc4)ccc32)c2ccccc2-c2ccccc21. The van der Waals surface area contributed by atoms with E-state index in [-0.39, 0.29) is 5.41 Å². The third kappa shape index (κ3) is 4.59. The Kier molecular flexibility index (Phi) is 7.00. The number of hydrogen-bond donors (Lipinski definition) is 0. The molecule has 1 spiro atoms. The van der Waals surface area contributed by atoms with Crippen LogP contribution in [0.25, 0.3) is 55.3 Å². The molecule has 0 saturated carbocycles. The minimum atomic E-state index is -0.331. The van der Waals surface area contributed by atoms with Crippen molar-refractivity contribution in [2.75, 3.05) is 4.90 Å². The minimum absolute atomic E-state index is 0.331. The Hall–Kier alpha value is -7.16. The number of benzene rings is 8. The highest BCUT2D eigenvalue weighted by Crippen LogP contribution is 2.64. The Labute approximate surface area is 332 Å². The van der Waals surface area contributed by atoms with Crippen molar-refractivity contribution >= 4 is 44.4 Å². The molecule has 0 atom stereocenters. The average Bonchev–Trinajstić information content (AvgIpc) is 3.89.